The summed E-state index contributed by atoms with van der Waals surface area (Å²) in [6.45, 7) is -0.402. The molecule has 0 spiro atoms. The first-order valence-electron chi connectivity index (χ1n) is 9.02. The lowest BCUT2D eigenvalue weighted by atomic mass is 9.89. The molecule has 0 aliphatic carbocycles. The molecule has 30 heavy (non-hydrogen) atoms. The topological polar surface area (TPSA) is 102 Å². The minimum Gasteiger partial charge on any atom is -0.396 e. The maximum atomic E-state index is 13.2. The molecule has 1 aliphatic heterocycles. The number of aromatic amines is 1. The Labute approximate surface area is 168 Å². The molecular formula is C18H19F5N6O. The molecule has 7 nitrogen and oxygen atoms in total. The number of aromatic nitrogens is 4. The molecule has 162 valence electrons. The smallest absolute Gasteiger partial charge is 0.393 e. The number of rotatable bonds is 6. The molecule has 0 saturated carbocycles. The van der Waals surface area contributed by atoms with E-state index in [0.717, 1.165) is 6.08 Å². The van der Waals surface area contributed by atoms with Crippen LogP contribution in [0.3, 0.4) is 0 Å². The van der Waals surface area contributed by atoms with Gasteiger partial charge in [-0.05, 0) is 18.6 Å². The van der Waals surface area contributed by atoms with Gasteiger partial charge in [0.2, 0.25) is 0 Å². The zero-order chi connectivity index (χ0) is 21.9. The summed E-state index contributed by atoms with van der Waals surface area (Å²) in [5.41, 5.74) is -0.101. The van der Waals surface area contributed by atoms with E-state index in [1.54, 1.807) is 0 Å². The van der Waals surface area contributed by atoms with Crippen LogP contribution < -0.4 is 4.90 Å². The minimum atomic E-state index is -4.38. The number of alkyl halides is 5. The van der Waals surface area contributed by atoms with Crippen molar-refractivity contribution in [1.29, 1.82) is 5.41 Å². The van der Waals surface area contributed by atoms with Crippen molar-refractivity contribution in [2.75, 3.05) is 24.6 Å². The van der Waals surface area contributed by atoms with Gasteiger partial charge in [-0.25, -0.2) is 23.7 Å². The van der Waals surface area contributed by atoms with E-state index in [1.165, 1.54) is 29.6 Å². The van der Waals surface area contributed by atoms with Gasteiger partial charge in [0, 0.05) is 31.7 Å². The van der Waals surface area contributed by atoms with Crippen molar-refractivity contribution >= 4 is 17.6 Å². The van der Waals surface area contributed by atoms with Crippen LogP contribution in [-0.4, -0.2) is 63.1 Å². The van der Waals surface area contributed by atoms with E-state index in [1.807, 2.05) is 0 Å². The van der Waals surface area contributed by atoms with Crippen molar-refractivity contribution < 1.29 is 27.1 Å². The molecule has 2 aromatic rings. The lowest BCUT2D eigenvalue weighted by Gasteiger charge is -2.38. The van der Waals surface area contributed by atoms with Gasteiger partial charge in [-0.15, -0.1) is 0 Å². The summed E-state index contributed by atoms with van der Waals surface area (Å²) in [6, 6.07) is 1.50. The highest BCUT2D eigenvalue weighted by molar-refractivity contribution is 5.97. The van der Waals surface area contributed by atoms with Crippen LogP contribution in [0.25, 0.3) is 17.5 Å². The maximum Gasteiger partial charge on any atom is 0.393 e. The number of halogens is 5. The molecular weight excluding hydrogens is 411 g/mol. The average molecular weight is 430 g/mol. The van der Waals surface area contributed by atoms with Crippen LogP contribution in [0.15, 0.2) is 24.7 Å². The monoisotopic (exact) mass is 430 g/mol. The number of nitrogens with one attached hydrogen (secondary N) is 2. The number of hydrogen-bond donors (Lipinski definition) is 3. The van der Waals surface area contributed by atoms with Gasteiger partial charge in [-0.3, -0.25) is 5.41 Å². The highest BCUT2D eigenvalue weighted by atomic mass is 19.4. The summed E-state index contributed by atoms with van der Waals surface area (Å²) in [5.74, 6) is -1.61. The van der Waals surface area contributed by atoms with Crippen molar-refractivity contribution in [2.45, 2.75) is 19.0 Å². The second kappa shape index (κ2) is 8.86. The second-order valence-corrected chi connectivity index (χ2v) is 6.96. The number of H-pyrrole nitrogens is 1. The highest BCUT2D eigenvalue weighted by Gasteiger charge is 2.44. The zero-order valence-electron chi connectivity index (χ0n) is 15.6. The van der Waals surface area contributed by atoms with E-state index in [-0.39, 0.29) is 37.8 Å². The molecule has 1 fully saturated rings. The number of aliphatic hydroxyl groups excluding tert-OH is 1. The van der Waals surface area contributed by atoms with Crippen molar-refractivity contribution in [3.8, 4) is 11.4 Å². The van der Waals surface area contributed by atoms with Crippen LogP contribution in [0.1, 0.15) is 12.2 Å². The largest absolute Gasteiger partial charge is 0.396 e. The molecule has 12 heteroatoms. The Hall–Kier alpha value is -2.89. The number of anilines is 1. The van der Waals surface area contributed by atoms with E-state index >= 15 is 0 Å². The average Bonchev–Trinajstić information content (AvgIpc) is 3.20. The lowest BCUT2D eigenvalue weighted by molar-refractivity contribution is -0.180. The highest BCUT2D eigenvalue weighted by Crippen LogP contribution is 2.36. The molecule has 0 unspecified atom stereocenters. The van der Waals surface area contributed by atoms with E-state index in [2.05, 4.69) is 19.9 Å². The zero-order valence-corrected chi connectivity index (χ0v) is 15.6. The van der Waals surface area contributed by atoms with Crippen LogP contribution >= 0.6 is 0 Å². The van der Waals surface area contributed by atoms with E-state index in [4.69, 9.17) is 5.41 Å². The SMILES string of the molecule is N=C(/C=C\c1ncc(-c2cc(N3C[C@@H](CO)C[C@@H](C(F)(F)F)C3)ncn2)[nH]1)C(F)F. The van der Waals surface area contributed by atoms with Crippen LogP contribution in [0.2, 0.25) is 0 Å². The maximum absolute atomic E-state index is 13.2. The number of nitrogens with zero attached hydrogens (tertiary/aromatic N) is 4. The third-order valence-electron chi connectivity index (χ3n) is 4.76. The third kappa shape index (κ3) is 5.17. The van der Waals surface area contributed by atoms with Gasteiger partial charge in [0.15, 0.2) is 0 Å². The van der Waals surface area contributed by atoms with E-state index in [0.29, 0.717) is 11.4 Å². The molecule has 2 aromatic heterocycles. The summed E-state index contributed by atoms with van der Waals surface area (Å²) in [6.07, 6.45) is -2.69. The number of aliphatic hydroxyl groups is 1. The first-order chi connectivity index (χ1) is 14.2. The van der Waals surface area contributed by atoms with Gasteiger partial charge in [0.05, 0.1) is 29.2 Å². The summed E-state index contributed by atoms with van der Waals surface area (Å²) < 4.78 is 64.5. The van der Waals surface area contributed by atoms with E-state index in [9.17, 15) is 27.1 Å². The van der Waals surface area contributed by atoms with Crippen molar-refractivity contribution in [3.05, 3.63) is 30.5 Å². The van der Waals surface area contributed by atoms with Gasteiger partial charge in [0.25, 0.3) is 6.43 Å². The Balaban J connectivity index is 1.80. The number of imidazole rings is 1. The Bertz CT molecular complexity index is 912. The van der Waals surface area contributed by atoms with Gasteiger partial charge in [-0.2, -0.15) is 13.2 Å². The quantitative estimate of drug-likeness (QED) is 0.483. The van der Waals surface area contributed by atoms with Crippen LogP contribution in [0.5, 0.6) is 0 Å². The molecule has 3 N–H and O–H groups in total. The standard InChI is InChI=1S/C18H19F5N6O/c19-17(20)12(24)1-2-15-25-5-14(28-15)13-4-16(27-9-26-13)29-6-10(8-30)3-11(7-29)18(21,22)23/h1-2,4-5,9-11,17,24,30H,3,6-8H2,(H,25,28)/b2-1-,24-12?/t10-,11+/m0/s1. The summed E-state index contributed by atoms with van der Waals surface area (Å²) in [5, 5.41) is 16.5. The van der Waals surface area contributed by atoms with Gasteiger partial charge in [-0.1, -0.05) is 0 Å². The Morgan fingerprint density at radius 2 is 2.07 bits per heavy atom. The number of allylic oxidation sites excluding steroid dienone is 1. The van der Waals surface area contributed by atoms with Crippen LogP contribution in [-0.2, 0) is 0 Å². The van der Waals surface area contributed by atoms with Crippen LogP contribution in [0, 0.1) is 17.2 Å². The normalized spacial score (nSPS) is 20.3. The molecule has 0 radical (unpaired) electrons. The molecule has 2 atom stereocenters. The molecule has 3 heterocycles. The van der Waals surface area contributed by atoms with Crippen LogP contribution in [0.4, 0.5) is 27.8 Å². The molecule has 3 rings (SSSR count). The first kappa shape index (κ1) is 21.8. The van der Waals surface area contributed by atoms with Gasteiger partial charge < -0.3 is 15.0 Å². The summed E-state index contributed by atoms with van der Waals surface area (Å²) in [4.78, 5) is 16.4. The predicted molar refractivity (Wildman–Crippen MR) is 99.3 cm³/mol. The van der Waals surface area contributed by atoms with Crippen molar-refractivity contribution in [1.82, 2.24) is 19.9 Å². The molecule has 1 aliphatic rings. The Morgan fingerprint density at radius 3 is 2.73 bits per heavy atom. The summed E-state index contributed by atoms with van der Waals surface area (Å²) in [7, 11) is 0. The fourth-order valence-corrected chi connectivity index (χ4v) is 3.22. The fraction of sp³-hybridized carbons (Fsp3) is 0.444. The van der Waals surface area contributed by atoms with Gasteiger partial charge >= 0.3 is 6.18 Å². The molecule has 0 amide bonds. The van der Waals surface area contributed by atoms with Gasteiger partial charge in [0.1, 0.15) is 18.0 Å². The fourth-order valence-electron chi connectivity index (χ4n) is 3.22. The van der Waals surface area contributed by atoms with Crippen molar-refractivity contribution in [2.24, 2.45) is 11.8 Å². The van der Waals surface area contributed by atoms with Crippen molar-refractivity contribution in [3.63, 3.8) is 0 Å². The molecule has 0 bridgehead atoms. The van der Waals surface area contributed by atoms with E-state index < -0.39 is 30.1 Å². The molecule has 0 aromatic carbocycles. The summed E-state index contributed by atoms with van der Waals surface area (Å²) >= 11 is 0. The molecule has 1 saturated heterocycles. The minimum absolute atomic E-state index is 0.141. The number of piperidine rings is 1. The predicted octanol–water partition coefficient (Wildman–Crippen LogP) is 3.16. The number of hydrogen-bond acceptors (Lipinski definition) is 6. The Morgan fingerprint density at radius 1 is 1.30 bits per heavy atom. The second-order valence-electron chi connectivity index (χ2n) is 6.96. The first-order valence-corrected chi connectivity index (χ1v) is 9.02. The Kier molecular flexibility index (Phi) is 6.44. The lowest BCUT2D eigenvalue weighted by Crippen LogP contribution is -2.47. The third-order valence-corrected chi connectivity index (χ3v) is 4.76.